The van der Waals surface area contributed by atoms with Gasteiger partial charge in [-0.05, 0) is 61.7 Å². The minimum Gasteiger partial charge on any atom is -0.302 e. The summed E-state index contributed by atoms with van der Waals surface area (Å²) in [7, 11) is 2.18. The lowest BCUT2D eigenvalue weighted by atomic mass is 9.92. The number of likely N-dealkylation sites (N-methyl/N-ethyl adjacent to an activating group) is 1. The van der Waals surface area contributed by atoms with Crippen molar-refractivity contribution in [2.24, 2.45) is 0 Å². The summed E-state index contributed by atoms with van der Waals surface area (Å²) in [5.74, 6) is 0. The average Bonchev–Trinajstić information content (AvgIpc) is 2.19. The van der Waals surface area contributed by atoms with E-state index < -0.39 is 0 Å². The Labute approximate surface area is 106 Å². The number of benzene rings is 1. The van der Waals surface area contributed by atoms with Crippen molar-refractivity contribution in [2.45, 2.75) is 20.3 Å². The van der Waals surface area contributed by atoms with Crippen LogP contribution in [0.2, 0.25) is 0 Å². The Morgan fingerprint density at radius 2 is 1.81 bits per heavy atom. The van der Waals surface area contributed by atoms with Gasteiger partial charge in [0, 0.05) is 17.6 Å². The minimum absolute atomic E-state index is 1.07. The fraction of sp³-hybridized carbons (Fsp3) is 0.429. The molecule has 1 aliphatic rings. The van der Waals surface area contributed by atoms with E-state index in [1.807, 2.05) is 0 Å². The maximum absolute atomic E-state index is 3.55. The van der Waals surface area contributed by atoms with Crippen LogP contribution in [0.3, 0.4) is 0 Å². The van der Waals surface area contributed by atoms with E-state index in [0.29, 0.717) is 0 Å². The van der Waals surface area contributed by atoms with Crippen LogP contribution in [0.25, 0.3) is 5.57 Å². The average molecular weight is 280 g/mol. The zero-order valence-corrected chi connectivity index (χ0v) is 11.8. The standard InChI is InChI=1S/C14H18BrN/c1-10-8-13(15)9-11(2)14(10)12-4-6-16(3)7-5-12/h4,8-9H,5-7H2,1-3H3. The smallest absolute Gasteiger partial charge is 0.0180 e. The van der Waals surface area contributed by atoms with Crippen LogP contribution in [-0.2, 0) is 0 Å². The van der Waals surface area contributed by atoms with Gasteiger partial charge >= 0.3 is 0 Å². The van der Waals surface area contributed by atoms with Crippen LogP contribution in [0.1, 0.15) is 23.1 Å². The van der Waals surface area contributed by atoms with Gasteiger partial charge in [0.05, 0.1) is 0 Å². The predicted octanol–water partition coefficient (Wildman–Crippen LogP) is 3.78. The van der Waals surface area contributed by atoms with Gasteiger partial charge in [-0.1, -0.05) is 22.0 Å². The summed E-state index contributed by atoms with van der Waals surface area (Å²) in [6.45, 7) is 6.64. The van der Waals surface area contributed by atoms with Crippen molar-refractivity contribution in [2.75, 3.05) is 20.1 Å². The second-order valence-electron chi connectivity index (χ2n) is 4.66. The topological polar surface area (TPSA) is 3.24 Å². The first-order valence-electron chi connectivity index (χ1n) is 5.72. The molecule has 0 bridgehead atoms. The summed E-state index contributed by atoms with van der Waals surface area (Å²) in [5.41, 5.74) is 5.72. The molecule has 0 spiro atoms. The highest BCUT2D eigenvalue weighted by Crippen LogP contribution is 2.30. The zero-order valence-electron chi connectivity index (χ0n) is 10.2. The SMILES string of the molecule is Cc1cc(Br)cc(C)c1C1=CCN(C)CC1. The number of rotatable bonds is 1. The number of hydrogen-bond acceptors (Lipinski definition) is 1. The van der Waals surface area contributed by atoms with Gasteiger partial charge in [-0.3, -0.25) is 0 Å². The van der Waals surface area contributed by atoms with Crippen LogP contribution >= 0.6 is 15.9 Å². The van der Waals surface area contributed by atoms with Crippen LogP contribution in [0, 0.1) is 13.8 Å². The normalized spacial score (nSPS) is 17.4. The van der Waals surface area contributed by atoms with Gasteiger partial charge < -0.3 is 4.90 Å². The molecular weight excluding hydrogens is 262 g/mol. The highest BCUT2D eigenvalue weighted by molar-refractivity contribution is 9.10. The maximum atomic E-state index is 3.55. The molecule has 0 aromatic heterocycles. The van der Waals surface area contributed by atoms with Gasteiger partial charge in [-0.2, -0.15) is 0 Å². The van der Waals surface area contributed by atoms with E-state index in [1.54, 1.807) is 0 Å². The van der Waals surface area contributed by atoms with Crippen molar-refractivity contribution in [3.63, 3.8) is 0 Å². The Morgan fingerprint density at radius 1 is 1.19 bits per heavy atom. The van der Waals surface area contributed by atoms with Crippen LogP contribution in [0.4, 0.5) is 0 Å². The van der Waals surface area contributed by atoms with Gasteiger partial charge in [-0.15, -0.1) is 0 Å². The van der Waals surface area contributed by atoms with Crippen molar-refractivity contribution in [1.29, 1.82) is 0 Å². The molecule has 1 aromatic rings. The van der Waals surface area contributed by atoms with E-state index in [0.717, 1.165) is 6.54 Å². The Kier molecular flexibility index (Phi) is 3.50. The second kappa shape index (κ2) is 4.72. The van der Waals surface area contributed by atoms with Crippen molar-refractivity contribution in [1.82, 2.24) is 4.90 Å². The molecule has 1 aliphatic heterocycles. The van der Waals surface area contributed by atoms with Gasteiger partial charge in [0.1, 0.15) is 0 Å². The first kappa shape index (κ1) is 11.9. The molecule has 0 saturated carbocycles. The quantitative estimate of drug-likeness (QED) is 0.756. The second-order valence-corrected chi connectivity index (χ2v) is 5.57. The fourth-order valence-corrected chi connectivity index (χ4v) is 3.10. The first-order valence-corrected chi connectivity index (χ1v) is 6.52. The van der Waals surface area contributed by atoms with Crippen molar-refractivity contribution >= 4 is 21.5 Å². The van der Waals surface area contributed by atoms with Crippen molar-refractivity contribution in [3.8, 4) is 0 Å². The maximum Gasteiger partial charge on any atom is 0.0180 e. The summed E-state index contributed by atoms with van der Waals surface area (Å²) >= 11 is 3.55. The zero-order chi connectivity index (χ0) is 11.7. The van der Waals surface area contributed by atoms with Gasteiger partial charge in [0.25, 0.3) is 0 Å². The van der Waals surface area contributed by atoms with Crippen molar-refractivity contribution in [3.05, 3.63) is 39.4 Å². The Balaban J connectivity index is 2.41. The van der Waals surface area contributed by atoms with E-state index in [-0.39, 0.29) is 0 Å². The number of nitrogens with zero attached hydrogens (tertiary/aromatic N) is 1. The molecule has 0 amide bonds. The lowest BCUT2D eigenvalue weighted by Gasteiger charge is -2.24. The molecular formula is C14H18BrN. The van der Waals surface area contributed by atoms with Crippen LogP contribution in [-0.4, -0.2) is 25.0 Å². The summed E-state index contributed by atoms with van der Waals surface area (Å²) < 4.78 is 1.18. The molecule has 2 heteroatoms. The lowest BCUT2D eigenvalue weighted by Crippen LogP contribution is -2.24. The third-order valence-corrected chi connectivity index (χ3v) is 3.69. The summed E-state index contributed by atoms with van der Waals surface area (Å²) in [5, 5.41) is 0. The Morgan fingerprint density at radius 3 is 2.31 bits per heavy atom. The molecule has 16 heavy (non-hydrogen) atoms. The highest BCUT2D eigenvalue weighted by atomic mass is 79.9. The van der Waals surface area contributed by atoms with Crippen LogP contribution in [0.5, 0.6) is 0 Å². The molecule has 1 heterocycles. The molecule has 0 radical (unpaired) electrons. The predicted molar refractivity (Wildman–Crippen MR) is 73.7 cm³/mol. The molecule has 86 valence electrons. The van der Waals surface area contributed by atoms with Crippen LogP contribution in [0.15, 0.2) is 22.7 Å². The highest BCUT2D eigenvalue weighted by Gasteiger charge is 2.13. The molecule has 0 aliphatic carbocycles. The van der Waals surface area contributed by atoms with Gasteiger partial charge in [-0.25, -0.2) is 0 Å². The summed E-state index contributed by atoms with van der Waals surface area (Å²) in [6, 6.07) is 4.42. The Bertz CT molecular complexity index is 411. The molecule has 1 nitrogen and oxygen atoms in total. The number of halogens is 1. The third kappa shape index (κ3) is 2.38. The lowest BCUT2D eigenvalue weighted by molar-refractivity contribution is 0.370. The van der Waals surface area contributed by atoms with E-state index in [4.69, 9.17) is 0 Å². The van der Waals surface area contributed by atoms with Crippen molar-refractivity contribution < 1.29 is 0 Å². The van der Waals surface area contributed by atoms with E-state index >= 15 is 0 Å². The molecule has 0 fully saturated rings. The molecule has 0 atom stereocenters. The molecule has 0 saturated heterocycles. The third-order valence-electron chi connectivity index (χ3n) is 3.23. The van der Waals surface area contributed by atoms with Crippen LogP contribution < -0.4 is 0 Å². The minimum atomic E-state index is 1.07. The van der Waals surface area contributed by atoms with Gasteiger partial charge in [0.2, 0.25) is 0 Å². The summed E-state index contributed by atoms with van der Waals surface area (Å²) in [4.78, 5) is 2.35. The van der Waals surface area contributed by atoms with E-state index in [9.17, 15) is 0 Å². The van der Waals surface area contributed by atoms with E-state index in [1.165, 1.54) is 39.7 Å². The molecule has 1 aromatic carbocycles. The van der Waals surface area contributed by atoms with E-state index in [2.05, 4.69) is 59.9 Å². The van der Waals surface area contributed by atoms with Gasteiger partial charge in [0.15, 0.2) is 0 Å². The molecule has 0 N–H and O–H groups in total. The molecule has 2 rings (SSSR count). The fourth-order valence-electron chi connectivity index (χ4n) is 2.41. The molecule has 0 unspecified atom stereocenters. The number of aryl methyl sites for hydroxylation is 2. The number of hydrogen-bond donors (Lipinski definition) is 0. The Hall–Kier alpha value is -0.600. The summed E-state index contributed by atoms with van der Waals surface area (Å²) in [6.07, 6.45) is 3.53. The monoisotopic (exact) mass is 279 g/mol. The first-order chi connectivity index (χ1) is 7.58. The largest absolute Gasteiger partial charge is 0.302 e.